The molecule has 6 heteroatoms. The number of aliphatic hydroxyl groups is 1. The minimum Gasteiger partial charge on any atom is -0.480 e. The number of hydrogen-bond acceptors (Lipinski definition) is 4. The van der Waals surface area contributed by atoms with Crippen LogP contribution in [0.1, 0.15) is 31.7 Å². The zero-order valence-electron chi connectivity index (χ0n) is 12.0. The van der Waals surface area contributed by atoms with Crippen LogP contribution < -0.4 is 5.32 Å². The molecule has 0 aliphatic rings. The van der Waals surface area contributed by atoms with Gasteiger partial charge in [-0.2, -0.15) is 0 Å². The monoisotopic (exact) mass is 295 g/mol. The number of ether oxygens (including phenoxy) is 1. The lowest BCUT2D eigenvalue weighted by atomic mass is 10.1. The molecule has 0 aliphatic heterocycles. The highest BCUT2D eigenvalue weighted by atomic mass is 16.5. The average Bonchev–Trinajstić information content (AvgIpc) is 2.44. The Kier molecular flexibility index (Phi) is 7.25. The van der Waals surface area contributed by atoms with Crippen LogP contribution in [0.25, 0.3) is 0 Å². The third kappa shape index (κ3) is 7.31. The summed E-state index contributed by atoms with van der Waals surface area (Å²) in [6.07, 6.45) is 0.00600. The van der Waals surface area contributed by atoms with Crippen LogP contribution in [0.3, 0.4) is 0 Å². The third-order valence-corrected chi connectivity index (χ3v) is 2.92. The quantitative estimate of drug-likeness (QED) is 0.681. The van der Waals surface area contributed by atoms with Gasteiger partial charge in [-0.15, -0.1) is 0 Å². The van der Waals surface area contributed by atoms with Crippen LogP contribution in [0, 0.1) is 0 Å². The van der Waals surface area contributed by atoms with E-state index in [1.165, 1.54) is 0 Å². The molecule has 0 spiro atoms. The number of nitrogens with one attached hydrogen (secondary N) is 1. The van der Waals surface area contributed by atoms with E-state index in [2.05, 4.69) is 5.32 Å². The van der Waals surface area contributed by atoms with Crippen LogP contribution in [0.4, 0.5) is 4.79 Å². The summed E-state index contributed by atoms with van der Waals surface area (Å²) in [6.45, 7) is 1.73. The molecule has 116 valence electrons. The molecule has 0 radical (unpaired) electrons. The normalized spacial score (nSPS) is 13.2. The summed E-state index contributed by atoms with van der Waals surface area (Å²) in [7, 11) is 0. The third-order valence-electron chi connectivity index (χ3n) is 2.92. The molecule has 0 saturated carbocycles. The fraction of sp³-hybridized carbons (Fsp3) is 0.467. The number of carboxylic acid groups (broad SMARTS) is 1. The number of aliphatic carboxylic acids is 1. The van der Waals surface area contributed by atoms with Gasteiger partial charge in [0.15, 0.2) is 0 Å². The van der Waals surface area contributed by atoms with Crippen molar-refractivity contribution in [3.63, 3.8) is 0 Å². The van der Waals surface area contributed by atoms with E-state index in [4.69, 9.17) is 14.9 Å². The summed E-state index contributed by atoms with van der Waals surface area (Å²) in [5.41, 5.74) is 0.827. The van der Waals surface area contributed by atoms with Gasteiger partial charge in [0.05, 0.1) is 6.10 Å². The minimum atomic E-state index is -1.11. The molecule has 1 aromatic rings. The van der Waals surface area contributed by atoms with E-state index in [-0.39, 0.29) is 13.0 Å². The van der Waals surface area contributed by atoms with Crippen molar-refractivity contribution in [2.45, 2.75) is 44.9 Å². The van der Waals surface area contributed by atoms with Crippen LogP contribution in [-0.4, -0.2) is 34.4 Å². The number of amides is 1. The van der Waals surface area contributed by atoms with E-state index in [0.29, 0.717) is 12.8 Å². The standard InChI is InChI=1S/C15H21NO5/c1-11(17)6-5-9-13(14(18)19)16-15(20)21-10-12-7-3-2-4-8-12/h2-4,7-8,11,13,17H,5-6,9-10H2,1H3,(H,16,20)(H,18,19). The van der Waals surface area contributed by atoms with Crippen LogP contribution >= 0.6 is 0 Å². The number of rotatable bonds is 8. The molecule has 6 nitrogen and oxygen atoms in total. The van der Waals surface area contributed by atoms with E-state index in [1.807, 2.05) is 30.3 Å². The van der Waals surface area contributed by atoms with E-state index < -0.39 is 24.2 Å². The largest absolute Gasteiger partial charge is 0.480 e. The molecular formula is C15H21NO5. The van der Waals surface area contributed by atoms with Crippen molar-refractivity contribution >= 4 is 12.1 Å². The number of alkyl carbamates (subject to hydrolysis) is 1. The lowest BCUT2D eigenvalue weighted by molar-refractivity contribution is -0.139. The molecule has 1 aromatic carbocycles. The fourth-order valence-electron chi connectivity index (χ4n) is 1.78. The van der Waals surface area contributed by atoms with Crippen molar-refractivity contribution in [2.75, 3.05) is 0 Å². The van der Waals surface area contributed by atoms with E-state index in [9.17, 15) is 9.59 Å². The molecule has 0 bridgehead atoms. The SMILES string of the molecule is CC(O)CCCC(NC(=O)OCc1ccccc1)C(=O)O. The molecule has 0 fully saturated rings. The Hall–Kier alpha value is -2.08. The van der Waals surface area contributed by atoms with Gasteiger partial charge >= 0.3 is 12.1 Å². The molecule has 0 saturated heterocycles. The first-order chi connectivity index (χ1) is 9.99. The lowest BCUT2D eigenvalue weighted by Gasteiger charge is -2.15. The van der Waals surface area contributed by atoms with Crippen molar-refractivity contribution in [2.24, 2.45) is 0 Å². The molecule has 21 heavy (non-hydrogen) atoms. The average molecular weight is 295 g/mol. The predicted molar refractivity (Wildman–Crippen MR) is 76.7 cm³/mol. The predicted octanol–water partition coefficient (Wildman–Crippen LogP) is 1.92. The molecule has 3 N–H and O–H groups in total. The van der Waals surface area contributed by atoms with Crippen molar-refractivity contribution in [1.82, 2.24) is 5.32 Å². The Balaban J connectivity index is 2.36. The number of carboxylic acids is 1. The molecule has 1 rings (SSSR count). The number of aliphatic hydroxyl groups excluding tert-OH is 1. The summed E-state index contributed by atoms with van der Waals surface area (Å²) < 4.78 is 4.97. The highest BCUT2D eigenvalue weighted by Crippen LogP contribution is 2.06. The van der Waals surface area contributed by atoms with E-state index in [0.717, 1.165) is 5.56 Å². The van der Waals surface area contributed by atoms with Crippen LogP contribution in [-0.2, 0) is 16.1 Å². The number of hydrogen-bond donors (Lipinski definition) is 3. The molecule has 2 atom stereocenters. The second-order valence-electron chi connectivity index (χ2n) is 4.88. The van der Waals surface area contributed by atoms with Gasteiger partial charge in [0.2, 0.25) is 0 Å². The van der Waals surface area contributed by atoms with Crippen LogP contribution in [0.15, 0.2) is 30.3 Å². The summed E-state index contributed by atoms with van der Waals surface area (Å²) in [5, 5.41) is 20.5. The summed E-state index contributed by atoms with van der Waals surface area (Å²) in [6, 6.07) is 8.12. The molecule has 0 aliphatic carbocycles. The van der Waals surface area contributed by atoms with Gasteiger partial charge in [0.1, 0.15) is 12.6 Å². The summed E-state index contributed by atoms with van der Waals surface area (Å²) in [5.74, 6) is -1.11. The van der Waals surface area contributed by atoms with Crippen molar-refractivity contribution in [3.8, 4) is 0 Å². The summed E-state index contributed by atoms with van der Waals surface area (Å²) >= 11 is 0. The first kappa shape index (κ1) is 17.0. The Labute approximate surface area is 123 Å². The first-order valence-corrected chi connectivity index (χ1v) is 6.87. The maximum atomic E-state index is 11.6. The van der Waals surface area contributed by atoms with Crippen molar-refractivity contribution < 1.29 is 24.5 Å². The zero-order chi connectivity index (χ0) is 15.7. The highest BCUT2D eigenvalue weighted by Gasteiger charge is 2.20. The number of benzene rings is 1. The Morgan fingerprint density at radius 1 is 1.24 bits per heavy atom. The Morgan fingerprint density at radius 2 is 1.90 bits per heavy atom. The van der Waals surface area contributed by atoms with Gasteiger partial charge in [0.25, 0.3) is 0 Å². The zero-order valence-corrected chi connectivity index (χ0v) is 12.0. The molecule has 0 aromatic heterocycles. The number of carbonyl (C=O) groups excluding carboxylic acids is 1. The molecule has 2 unspecified atom stereocenters. The van der Waals surface area contributed by atoms with Crippen LogP contribution in [0.5, 0.6) is 0 Å². The Bertz CT molecular complexity index is 447. The van der Waals surface area contributed by atoms with Gasteiger partial charge in [-0.1, -0.05) is 30.3 Å². The van der Waals surface area contributed by atoms with Crippen molar-refractivity contribution in [3.05, 3.63) is 35.9 Å². The van der Waals surface area contributed by atoms with Gasteiger partial charge in [-0.3, -0.25) is 0 Å². The second-order valence-corrected chi connectivity index (χ2v) is 4.88. The smallest absolute Gasteiger partial charge is 0.408 e. The van der Waals surface area contributed by atoms with Crippen LogP contribution in [0.2, 0.25) is 0 Å². The maximum Gasteiger partial charge on any atom is 0.408 e. The van der Waals surface area contributed by atoms with Gasteiger partial charge in [-0.05, 0) is 31.7 Å². The molecule has 1 amide bonds. The first-order valence-electron chi connectivity index (χ1n) is 6.87. The fourth-order valence-corrected chi connectivity index (χ4v) is 1.78. The second kappa shape index (κ2) is 8.97. The summed E-state index contributed by atoms with van der Waals surface area (Å²) in [4.78, 5) is 22.6. The molecule has 0 heterocycles. The van der Waals surface area contributed by atoms with Crippen molar-refractivity contribution in [1.29, 1.82) is 0 Å². The maximum absolute atomic E-state index is 11.6. The lowest BCUT2D eigenvalue weighted by Crippen LogP contribution is -2.41. The highest BCUT2D eigenvalue weighted by molar-refractivity contribution is 5.79. The number of carbonyl (C=O) groups is 2. The Morgan fingerprint density at radius 3 is 2.48 bits per heavy atom. The van der Waals surface area contributed by atoms with Gasteiger partial charge in [0, 0.05) is 0 Å². The van der Waals surface area contributed by atoms with Gasteiger partial charge < -0.3 is 20.3 Å². The van der Waals surface area contributed by atoms with Gasteiger partial charge in [-0.25, -0.2) is 9.59 Å². The molecular weight excluding hydrogens is 274 g/mol. The van der Waals surface area contributed by atoms with E-state index in [1.54, 1.807) is 6.92 Å². The topological polar surface area (TPSA) is 95.9 Å². The minimum absolute atomic E-state index is 0.0900. The van der Waals surface area contributed by atoms with E-state index >= 15 is 0 Å².